The highest BCUT2D eigenvalue weighted by molar-refractivity contribution is 5.83. The zero-order valence-corrected chi connectivity index (χ0v) is 13.8. The molecule has 2 heterocycles. The second-order valence-electron chi connectivity index (χ2n) is 5.99. The second-order valence-corrected chi connectivity index (χ2v) is 5.99. The van der Waals surface area contributed by atoms with Crippen LogP contribution in [0.5, 0.6) is 0 Å². The third-order valence-electron chi connectivity index (χ3n) is 4.32. The van der Waals surface area contributed by atoms with Gasteiger partial charge in [0.2, 0.25) is 5.91 Å². The molecule has 1 unspecified atom stereocenters. The van der Waals surface area contributed by atoms with Gasteiger partial charge in [-0.25, -0.2) is 0 Å². The number of likely N-dealkylation sites (tertiary alicyclic amines) is 1. The summed E-state index contributed by atoms with van der Waals surface area (Å²) >= 11 is 0. The minimum atomic E-state index is -0.131. The Morgan fingerprint density at radius 3 is 2.79 bits per heavy atom. The van der Waals surface area contributed by atoms with E-state index in [1.807, 2.05) is 41.0 Å². The number of aryl methyl sites for hydroxylation is 1. The maximum Gasteiger partial charge on any atom is 0.240 e. The summed E-state index contributed by atoms with van der Waals surface area (Å²) in [6.07, 6.45) is 4.66. The van der Waals surface area contributed by atoms with Crippen LogP contribution in [0, 0.1) is 11.3 Å². The van der Waals surface area contributed by atoms with Gasteiger partial charge in [-0.15, -0.1) is 0 Å². The van der Waals surface area contributed by atoms with Crippen molar-refractivity contribution in [2.75, 3.05) is 6.54 Å². The molecule has 1 aromatic heterocycles. The van der Waals surface area contributed by atoms with Gasteiger partial charge < -0.3 is 10.2 Å². The van der Waals surface area contributed by atoms with E-state index in [-0.39, 0.29) is 11.9 Å². The van der Waals surface area contributed by atoms with E-state index in [4.69, 9.17) is 5.26 Å². The number of aromatic nitrogens is 2. The fraction of sp³-hybridized carbons (Fsp3) is 0.389. The van der Waals surface area contributed by atoms with Crippen LogP contribution in [-0.4, -0.2) is 33.2 Å². The van der Waals surface area contributed by atoms with Crippen molar-refractivity contribution >= 4 is 5.91 Å². The van der Waals surface area contributed by atoms with Gasteiger partial charge in [0.1, 0.15) is 0 Å². The first-order valence-corrected chi connectivity index (χ1v) is 8.22. The highest BCUT2D eigenvalue weighted by Crippen LogP contribution is 2.16. The molecule has 6 heteroatoms. The van der Waals surface area contributed by atoms with Crippen molar-refractivity contribution in [2.45, 2.75) is 39.0 Å². The molecule has 24 heavy (non-hydrogen) atoms. The summed E-state index contributed by atoms with van der Waals surface area (Å²) in [6.45, 7) is 4.90. The number of nitrogens with zero attached hydrogens (tertiary/aromatic N) is 4. The predicted octanol–water partition coefficient (Wildman–Crippen LogP) is 1.67. The monoisotopic (exact) mass is 323 g/mol. The van der Waals surface area contributed by atoms with E-state index < -0.39 is 0 Å². The quantitative estimate of drug-likeness (QED) is 0.877. The summed E-state index contributed by atoms with van der Waals surface area (Å²) in [5, 5.41) is 16.4. The second kappa shape index (κ2) is 7.28. The lowest BCUT2D eigenvalue weighted by atomic mass is 10.1. The molecule has 1 amide bonds. The Labute approximate surface area is 141 Å². The smallest absolute Gasteiger partial charge is 0.240 e. The van der Waals surface area contributed by atoms with E-state index in [1.165, 1.54) is 0 Å². The summed E-state index contributed by atoms with van der Waals surface area (Å²) in [5.41, 5.74) is 2.78. The number of nitriles is 1. The van der Waals surface area contributed by atoms with Gasteiger partial charge in [-0.1, -0.05) is 12.1 Å². The van der Waals surface area contributed by atoms with E-state index in [2.05, 4.69) is 16.5 Å². The lowest BCUT2D eigenvalue weighted by Gasteiger charge is -2.17. The van der Waals surface area contributed by atoms with Gasteiger partial charge in [-0.05, 0) is 31.0 Å². The molecule has 1 aliphatic rings. The summed E-state index contributed by atoms with van der Waals surface area (Å²) in [4.78, 5) is 14.4. The molecule has 6 nitrogen and oxygen atoms in total. The largest absolute Gasteiger partial charge is 0.337 e. The number of nitrogens with one attached hydrogen (secondary N) is 1. The minimum absolute atomic E-state index is 0.131. The van der Waals surface area contributed by atoms with Gasteiger partial charge in [0.15, 0.2) is 0 Å². The number of hydrogen-bond acceptors (Lipinski definition) is 4. The molecule has 1 N–H and O–H groups in total. The molecule has 1 fully saturated rings. The average molecular weight is 323 g/mol. The van der Waals surface area contributed by atoms with Crippen molar-refractivity contribution in [1.29, 1.82) is 5.26 Å². The molecule has 0 aliphatic carbocycles. The lowest BCUT2D eigenvalue weighted by molar-refractivity contribution is -0.129. The van der Waals surface area contributed by atoms with E-state index >= 15 is 0 Å². The highest BCUT2D eigenvalue weighted by Gasteiger charge is 2.31. The number of carbonyl (C=O) groups is 1. The Bertz CT molecular complexity index is 744. The summed E-state index contributed by atoms with van der Waals surface area (Å²) in [7, 11) is 0. The van der Waals surface area contributed by atoms with E-state index in [0.717, 1.165) is 30.6 Å². The maximum absolute atomic E-state index is 12.5. The Balaban J connectivity index is 1.53. The Morgan fingerprint density at radius 1 is 1.33 bits per heavy atom. The number of benzene rings is 1. The summed E-state index contributed by atoms with van der Waals surface area (Å²) in [6, 6.07) is 9.37. The van der Waals surface area contributed by atoms with E-state index in [1.54, 1.807) is 12.1 Å². The van der Waals surface area contributed by atoms with Crippen LogP contribution in [0.2, 0.25) is 0 Å². The van der Waals surface area contributed by atoms with Gasteiger partial charge in [0, 0.05) is 37.9 Å². The molecule has 3 rings (SSSR count). The summed E-state index contributed by atoms with van der Waals surface area (Å²) in [5.74, 6) is 0.141. The number of hydrogen-bond donors (Lipinski definition) is 1. The zero-order chi connectivity index (χ0) is 16.9. The molecular formula is C18H21N5O. The molecule has 1 atom stereocenters. The van der Waals surface area contributed by atoms with Crippen LogP contribution in [0.15, 0.2) is 36.7 Å². The molecule has 0 spiro atoms. The van der Waals surface area contributed by atoms with Crippen LogP contribution in [0.1, 0.15) is 30.0 Å². The van der Waals surface area contributed by atoms with Crippen LogP contribution in [0.3, 0.4) is 0 Å². The van der Waals surface area contributed by atoms with Gasteiger partial charge >= 0.3 is 0 Å². The van der Waals surface area contributed by atoms with Crippen molar-refractivity contribution in [1.82, 2.24) is 20.0 Å². The molecule has 0 radical (unpaired) electrons. The van der Waals surface area contributed by atoms with Crippen LogP contribution < -0.4 is 5.32 Å². The summed E-state index contributed by atoms with van der Waals surface area (Å²) < 4.78 is 1.88. The number of amides is 1. The Morgan fingerprint density at radius 2 is 2.12 bits per heavy atom. The first-order chi connectivity index (χ1) is 11.7. The number of carbonyl (C=O) groups excluding carboxylic acids is 1. The highest BCUT2D eigenvalue weighted by atomic mass is 16.2. The third-order valence-corrected chi connectivity index (χ3v) is 4.32. The fourth-order valence-electron chi connectivity index (χ4n) is 2.90. The van der Waals surface area contributed by atoms with Crippen LogP contribution in [-0.2, 0) is 24.4 Å². The van der Waals surface area contributed by atoms with Crippen molar-refractivity contribution in [3.8, 4) is 6.07 Å². The Kier molecular flexibility index (Phi) is 4.92. The number of rotatable bonds is 6. The molecule has 0 bridgehead atoms. The Hall–Kier alpha value is -2.65. The molecule has 1 aliphatic heterocycles. The van der Waals surface area contributed by atoms with Crippen molar-refractivity contribution in [3.05, 3.63) is 53.3 Å². The van der Waals surface area contributed by atoms with Gasteiger partial charge in [0.25, 0.3) is 0 Å². The van der Waals surface area contributed by atoms with Crippen LogP contribution in [0.25, 0.3) is 0 Å². The zero-order valence-electron chi connectivity index (χ0n) is 13.8. The molecule has 1 aromatic carbocycles. The van der Waals surface area contributed by atoms with Crippen molar-refractivity contribution in [2.24, 2.45) is 0 Å². The molecule has 124 valence electrons. The lowest BCUT2D eigenvalue weighted by Crippen LogP contribution is -2.37. The van der Waals surface area contributed by atoms with Crippen LogP contribution >= 0.6 is 0 Å². The normalized spacial score (nSPS) is 17.2. The first-order valence-electron chi connectivity index (χ1n) is 8.22. The standard InChI is InChI=1S/C18H21N5O/c1-2-23-13-16(11-21-23)10-20-17-7-8-22(18(17)24)12-15-5-3-14(9-19)4-6-15/h3-6,11,13,17,20H,2,7-8,10,12H2,1H3. The minimum Gasteiger partial charge on any atom is -0.337 e. The fourth-order valence-corrected chi connectivity index (χ4v) is 2.90. The third kappa shape index (κ3) is 3.63. The van der Waals surface area contributed by atoms with Crippen molar-refractivity contribution < 1.29 is 4.79 Å². The van der Waals surface area contributed by atoms with E-state index in [0.29, 0.717) is 18.7 Å². The predicted molar refractivity (Wildman–Crippen MR) is 89.7 cm³/mol. The van der Waals surface area contributed by atoms with Crippen LogP contribution in [0.4, 0.5) is 0 Å². The van der Waals surface area contributed by atoms with Crippen molar-refractivity contribution in [3.63, 3.8) is 0 Å². The van der Waals surface area contributed by atoms with Gasteiger partial charge in [-0.3, -0.25) is 9.48 Å². The average Bonchev–Trinajstić information content (AvgIpc) is 3.21. The van der Waals surface area contributed by atoms with E-state index in [9.17, 15) is 4.79 Å². The van der Waals surface area contributed by atoms with Gasteiger partial charge in [-0.2, -0.15) is 10.4 Å². The first kappa shape index (κ1) is 16.2. The topological polar surface area (TPSA) is 74.0 Å². The SMILES string of the molecule is CCn1cc(CNC2CCN(Cc3ccc(C#N)cc3)C2=O)cn1. The molecule has 0 saturated carbocycles. The van der Waals surface area contributed by atoms with Gasteiger partial charge in [0.05, 0.1) is 23.9 Å². The maximum atomic E-state index is 12.5. The molecule has 2 aromatic rings. The molecule has 1 saturated heterocycles. The molecular weight excluding hydrogens is 302 g/mol.